The number of carbonyl (C=O) groups excluding carboxylic acids is 1. The number of carboxylic acids is 1. The third-order valence-corrected chi connectivity index (χ3v) is 6.57. The summed E-state index contributed by atoms with van der Waals surface area (Å²) in [6, 6.07) is 1.74. The Morgan fingerprint density at radius 1 is 1.62 bits per heavy atom. The summed E-state index contributed by atoms with van der Waals surface area (Å²) in [7, 11) is 0. The van der Waals surface area contributed by atoms with E-state index in [1.165, 1.54) is 28.0 Å². The average Bonchev–Trinajstić information content (AvgIpc) is 3.09. The topological polar surface area (TPSA) is 115 Å². The van der Waals surface area contributed by atoms with Crippen molar-refractivity contribution in [2.75, 3.05) is 0 Å². The Balaban J connectivity index is 1.83. The van der Waals surface area contributed by atoms with Crippen LogP contribution in [0.1, 0.15) is 24.4 Å². The van der Waals surface area contributed by atoms with Gasteiger partial charge < -0.3 is 15.1 Å². The molecule has 7 nitrogen and oxygen atoms in total. The Bertz CT molecular complexity index is 852. The highest BCUT2D eigenvalue weighted by molar-refractivity contribution is 8.06. The van der Waals surface area contributed by atoms with E-state index in [0.717, 1.165) is 4.88 Å². The molecule has 3 heterocycles. The van der Waals surface area contributed by atoms with Crippen LogP contribution in [0.3, 0.4) is 0 Å². The zero-order valence-electron chi connectivity index (χ0n) is 14.1. The van der Waals surface area contributed by atoms with E-state index in [9.17, 15) is 19.8 Å². The van der Waals surface area contributed by atoms with Gasteiger partial charge in [0.05, 0.1) is 46.6 Å². The molecule has 4 atom stereocenters. The number of nitriles is 1. The third-order valence-electron chi connectivity index (χ3n) is 4.64. The summed E-state index contributed by atoms with van der Waals surface area (Å²) in [4.78, 5) is 30.9. The molecule has 0 unspecified atom stereocenters. The molecule has 0 aliphatic carbocycles. The van der Waals surface area contributed by atoms with Crippen LogP contribution in [-0.4, -0.2) is 44.1 Å². The molecule has 136 valence electrons. The van der Waals surface area contributed by atoms with E-state index in [2.05, 4.69) is 11.1 Å². The lowest BCUT2D eigenvalue weighted by Crippen LogP contribution is -2.63. The number of nitrogens with zero attached hydrogens (tertiary/aromatic N) is 3. The summed E-state index contributed by atoms with van der Waals surface area (Å²) in [5.74, 6) is -2.22. The summed E-state index contributed by atoms with van der Waals surface area (Å²) in [5, 5.41) is 30.0. The maximum Gasteiger partial charge on any atom is 0.353 e. The minimum absolute atomic E-state index is 0.000558. The van der Waals surface area contributed by atoms with E-state index in [4.69, 9.17) is 5.26 Å². The SMILES string of the molecule is C[C@@H](O)[C@H]1C(=O)N2C(C(=O)O)=C(S/C=C\c3scnc3CC#N)[C@H](C)[C@H]12. The highest BCUT2D eigenvalue weighted by atomic mass is 32.2. The van der Waals surface area contributed by atoms with Crippen molar-refractivity contribution in [2.24, 2.45) is 11.8 Å². The number of β-lactam (4-membered cyclic amide) rings is 1. The van der Waals surface area contributed by atoms with E-state index in [0.29, 0.717) is 10.6 Å². The van der Waals surface area contributed by atoms with Crippen LogP contribution in [0.5, 0.6) is 0 Å². The maximum atomic E-state index is 12.3. The number of carbonyl (C=O) groups is 2. The lowest BCUT2D eigenvalue weighted by atomic mass is 9.79. The molecule has 2 aliphatic rings. The van der Waals surface area contributed by atoms with Crippen LogP contribution in [0.4, 0.5) is 0 Å². The Morgan fingerprint density at radius 3 is 2.96 bits per heavy atom. The number of fused-ring (bicyclic) bond motifs is 1. The number of carboxylic acid groups (broad SMARTS) is 1. The predicted octanol–water partition coefficient (Wildman–Crippen LogP) is 2.07. The van der Waals surface area contributed by atoms with Gasteiger partial charge in [-0.15, -0.1) is 11.3 Å². The van der Waals surface area contributed by atoms with Crippen LogP contribution in [-0.2, 0) is 16.0 Å². The second-order valence-electron chi connectivity index (χ2n) is 6.19. The highest BCUT2D eigenvalue weighted by Crippen LogP contribution is 2.50. The van der Waals surface area contributed by atoms with Crippen molar-refractivity contribution in [1.29, 1.82) is 5.26 Å². The summed E-state index contributed by atoms with van der Waals surface area (Å²) < 4.78 is 0. The van der Waals surface area contributed by atoms with E-state index in [1.807, 2.05) is 6.92 Å². The van der Waals surface area contributed by atoms with Gasteiger partial charge >= 0.3 is 5.97 Å². The second kappa shape index (κ2) is 7.23. The summed E-state index contributed by atoms with van der Waals surface area (Å²) in [6.07, 6.45) is 1.21. The molecule has 26 heavy (non-hydrogen) atoms. The minimum atomic E-state index is -1.14. The number of hydrogen-bond donors (Lipinski definition) is 2. The average molecular weight is 391 g/mol. The standard InChI is InChI=1S/C17H17N3O4S2/c1-8-13-12(9(2)21)16(22)20(13)14(17(23)24)15(8)25-6-4-11-10(3-5-18)19-7-26-11/h4,6-9,12-13,21H,3H2,1-2H3,(H,23,24)/b6-4-/t8-,9-,12-,13-/m1/s1. The Labute approximate surface area is 158 Å². The lowest BCUT2D eigenvalue weighted by molar-refractivity contribution is -0.163. The lowest BCUT2D eigenvalue weighted by Gasteiger charge is -2.46. The van der Waals surface area contributed by atoms with E-state index < -0.39 is 18.0 Å². The van der Waals surface area contributed by atoms with Crippen molar-refractivity contribution in [1.82, 2.24) is 9.88 Å². The molecule has 1 amide bonds. The fourth-order valence-electron chi connectivity index (χ4n) is 3.47. The third kappa shape index (κ3) is 2.94. The van der Waals surface area contributed by atoms with Gasteiger partial charge in [0.2, 0.25) is 5.91 Å². The molecular weight excluding hydrogens is 374 g/mol. The molecule has 3 rings (SSSR count). The first-order valence-electron chi connectivity index (χ1n) is 7.99. The molecule has 2 aliphatic heterocycles. The van der Waals surface area contributed by atoms with Gasteiger partial charge in [-0.3, -0.25) is 4.79 Å². The number of aliphatic hydroxyl groups excluding tert-OH is 1. The smallest absolute Gasteiger partial charge is 0.353 e. The number of aliphatic hydroxyl groups is 1. The molecule has 1 saturated heterocycles. The Kier molecular flexibility index (Phi) is 5.18. The van der Waals surface area contributed by atoms with E-state index >= 15 is 0 Å². The second-order valence-corrected chi connectivity index (χ2v) is 8.02. The first-order chi connectivity index (χ1) is 12.4. The van der Waals surface area contributed by atoms with Gasteiger partial charge in [-0.05, 0) is 18.4 Å². The monoisotopic (exact) mass is 391 g/mol. The molecule has 0 radical (unpaired) electrons. The molecule has 0 spiro atoms. The van der Waals surface area contributed by atoms with Crippen molar-refractivity contribution >= 4 is 41.1 Å². The van der Waals surface area contributed by atoms with Gasteiger partial charge in [0, 0.05) is 10.8 Å². The van der Waals surface area contributed by atoms with Crippen LogP contribution >= 0.6 is 23.1 Å². The first-order valence-corrected chi connectivity index (χ1v) is 9.75. The summed E-state index contributed by atoms with van der Waals surface area (Å²) >= 11 is 2.66. The number of thioether (sulfide) groups is 1. The number of aliphatic carboxylic acids is 1. The molecule has 0 aromatic carbocycles. The number of amides is 1. The molecular formula is C17H17N3O4S2. The van der Waals surface area contributed by atoms with E-state index in [1.54, 1.807) is 23.9 Å². The fourth-order valence-corrected chi connectivity index (χ4v) is 5.26. The maximum absolute atomic E-state index is 12.3. The number of hydrogen-bond acceptors (Lipinski definition) is 7. The van der Waals surface area contributed by atoms with Gasteiger partial charge in [-0.2, -0.15) is 5.26 Å². The molecule has 0 bridgehead atoms. The van der Waals surface area contributed by atoms with Crippen LogP contribution in [0.15, 0.2) is 21.5 Å². The molecule has 1 aromatic heterocycles. The molecule has 1 fully saturated rings. The minimum Gasteiger partial charge on any atom is -0.477 e. The van der Waals surface area contributed by atoms with Crippen molar-refractivity contribution in [2.45, 2.75) is 32.4 Å². The van der Waals surface area contributed by atoms with Crippen LogP contribution < -0.4 is 0 Å². The fraction of sp³-hybridized carbons (Fsp3) is 0.412. The number of rotatable bonds is 6. The highest BCUT2D eigenvalue weighted by Gasteiger charge is 2.59. The molecule has 9 heteroatoms. The Morgan fingerprint density at radius 2 is 2.35 bits per heavy atom. The van der Waals surface area contributed by atoms with Gasteiger partial charge in [0.1, 0.15) is 5.70 Å². The van der Waals surface area contributed by atoms with Crippen molar-refractivity contribution < 1.29 is 19.8 Å². The van der Waals surface area contributed by atoms with Crippen molar-refractivity contribution in [3.8, 4) is 6.07 Å². The van der Waals surface area contributed by atoms with Crippen molar-refractivity contribution in [3.05, 3.63) is 32.1 Å². The number of thiazole rings is 1. The van der Waals surface area contributed by atoms with Crippen LogP contribution in [0.2, 0.25) is 0 Å². The van der Waals surface area contributed by atoms with Crippen LogP contribution in [0, 0.1) is 23.2 Å². The quantitative estimate of drug-likeness (QED) is 0.713. The van der Waals surface area contributed by atoms with Crippen LogP contribution in [0.25, 0.3) is 6.08 Å². The predicted molar refractivity (Wildman–Crippen MR) is 97.7 cm³/mol. The molecule has 0 saturated carbocycles. The Hall–Kier alpha value is -2.15. The van der Waals surface area contributed by atoms with E-state index in [-0.39, 0.29) is 30.0 Å². The molecule has 2 N–H and O–H groups in total. The normalized spacial score (nSPS) is 26.0. The van der Waals surface area contributed by atoms with Gasteiger partial charge in [0.15, 0.2) is 0 Å². The zero-order chi connectivity index (χ0) is 19.0. The summed E-state index contributed by atoms with van der Waals surface area (Å²) in [6.45, 7) is 3.43. The first kappa shape index (κ1) is 18.6. The van der Waals surface area contributed by atoms with Gasteiger partial charge in [-0.25, -0.2) is 9.78 Å². The zero-order valence-corrected chi connectivity index (χ0v) is 15.8. The van der Waals surface area contributed by atoms with Gasteiger partial charge in [-0.1, -0.05) is 18.7 Å². The van der Waals surface area contributed by atoms with Crippen molar-refractivity contribution in [3.63, 3.8) is 0 Å². The number of aromatic nitrogens is 1. The summed E-state index contributed by atoms with van der Waals surface area (Å²) in [5.41, 5.74) is 2.35. The largest absolute Gasteiger partial charge is 0.477 e. The van der Waals surface area contributed by atoms with Gasteiger partial charge in [0.25, 0.3) is 0 Å². The molecule has 1 aromatic rings.